The molecule has 1 aromatic heterocycles. The number of benzene rings is 1. The highest BCUT2D eigenvalue weighted by Crippen LogP contribution is 2.16. The second-order valence-corrected chi connectivity index (χ2v) is 6.46. The van der Waals surface area contributed by atoms with Crippen molar-refractivity contribution in [2.24, 2.45) is 0 Å². The lowest BCUT2D eigenvalue weighted by Gasteiger charge is -2.16. The normalized spacial score (nSPS) is 11.8. The predicted molar refractivity (Wildman–Crippen MR) is 72.1 cm³/mol. The maximum absolute atomic E-state index is 12.8. The van der Waals surface area contributed by atoms with Crippen LogP contribution in [0.4, 0.5) is 4.39 Å². The molecule has 0 radical (unpaired) electrons. The summed E-state index contributed by atoms with van der Waals surface area (Å²) < 4.78 is 38.4. The SMILES string of the molecule is CN(Cc1ccc(F)cc1)S(=O)(=O)c1cnc(Cl)nc1. The number of rotatable bonds is 4. The summed E-state index contributed by atoms with van der Waals surface area (Å²) in [5.74, 6) is -0.370. The van der Waals surface area contributed by atoms with E-state index in [9.17, 15) is 12.8 Å². The topological polar surface area (TPSA) is 63.2 Å². The van der Waals surface area contributed by atoms with Crippen molar-refractivity contribution in [3.05, 3.63) is 53.3 Å². The lowest BCUT2D eigenvalue weighted by Crippen LogP contribution is -2.26. The van der Waals surface area contributed by atoms with Crippen molar-refractivity contribution in [3.63, 3.8) is 0 Å². The molecular formula is C12H11ClFN3O2S. The molecule has 0 atom stereocenters. The van der Waals surface area contributed by atoms with E-state index in [-0.39, 0.29) is 22.5 Å². The fourth-order valence-electron chi connectivity index (χ4n) is 1.55. The minimum Gasteiger partial charge on any atom is -0.225 e. The molecule has 20 heavy (non-hydrogen) atoms. The molecule has 0 saturated carbocycles. The first kappa shape index (κ1) is 14.8. The Morgan fingerprint density at radius 1 is 1.20 bits per heavy atom. The molecule has 1 aromatic carbocycles. The van der Waals surface area contributed by atoms with Crippen LogP contribution in [0.1, 0.15) is 5.56 Å². The fourth-order valence-corrected chi connectivity index (χ4v) is 2.69. The molecule has 8 heteroatoms. The lowest BCUT2D eigenvalue weighted by atomic mass is 10.2. The van der Waals surface area contributed by atoms with Gasteiger partial charge in [-0.3, -0.25) is 0 Å². The van der Waals surface area contributed by atoms with Gasteiger partial charge >= 0.3 is 0 Å². The molecule has 0 spiro atoms. The first-order valence-corrected chi connectivity index (χ1v) is 7.40. The van der Waals surface area contributed by atoms with Crippen LogP contribution in [-0.4, -0.2) is 29.7 Å². The zero-order chi connectivity index (χ0) is 14.8. The Balaban J connectivity index is 2.21. The van der Waals surface area contributed by atoms with E-state index in [1.807, 2.05) is 0 Å². The largest absolute Gasteiger partial charge is 0.246 e. The van der Waals surface area contributed by atoms with Gasteiger partial charge in [0.25, 0.3) is 0 Å². The van der Waals surface area contributed by atoms with Crippen LogP contribution >= 0.6 is 11.6 Å². The van der Waals surface area contributed by atoms with E-state index >= 15 is 0 Å². The van der Waals surface area contributed by atoms with E-state index in [1.54, 1.807) is 0 Å². The Morgan fingerprint density at radius 3 is 2.30 bits per heavy atom. The molecule has 1 heterocycles. The summed E-state index contributed by atoms with van der Waals surface area (Å²) in [6.07, 6.45) is 2.29. The monoisotopic (exact) mass is 315 g/mol. The molecule has 0 N–H and O–H groups in total. The van der Waals surface area contributed by atoms with E-state index in [4.69, 9.17) is 11.6 Å². The summed E-state index contributed by atoms with van der Waals surface area (Å²) in [6.45, 7) is 0.116. The van der Waals surface area contributed by atoms with Gasteiger partial charge in [-0.05, 0) is 29.3 Å². The van der Waals surface area contributed by atoms with Crippen molar-refractivity contribution < 1.29 is 12.8 Å². The molecule has 0 bridgehead atoms. The second-order valence-electron chi connectivity index (χ2n) is 4.08. The molecular weight excluding hydrogens is 305 g/mol. The molecule has 0 saturated heterocycles. The molecule has 0 fully saturated rings. The third-order valence-corrected chi connectivity index (χ3v) is 4.57. The van der Waals surface area contributed by atoms with Gasteiger partial charge < -0.3 is 0 Å². The fraction of sp³-hybridized carbons (Fsp3) is 0.167. The van der Waals surface area contributed by atoms with Crippen LogP contribution in [0.2, 0.25) is 5.28 Å². The van der Waals surface area contributed by atoms with Gasteiger partial charge in [0, 0.05) is 13.6 Å². The summed E-state index contributed by atoms with van der Waals surface area (Å²) in [4.78, 5) is 7.24. The second kappa shape index (κ2) is 5.82. The van der Waals surface area contributed by atoms with Crippen molar-refractivity contribution in [1.82, 2.24) is 14.3 Å². The Labute approximate surface area is 121 Å². The molecule has 0 aliphatic rings. The Bertz CT molecular complexity index is 690. The predicted octanol–water partition coefficient (Wildman–Crippen LogP) is 2.09. The smallest absolute Gasteiger partial charge is 0.225 e. The van der Waals surface area contributed by atoms with Crippen LogP contribution in [0.5, 0.6) is 0 Å². The Kier molecular flexibility index (Phi) is 4.32. The average Bonchev–Trinajstić information content (AvgIpc) is 2.42. The van der Waals surface area contributed by atoms with Gasteiger partial charge in [-0.15, -0.1) is 0 Å². The molecule has 0 unspecified atom stereocenters. The highest BCUT2D eigenvalue weighted by atomic mass is 35.5. The summed E-state index contributed by atoms with van der Waals surface area (Å²) >= 11 is 5.52. The Hall–Kier alpha value is -1.57. The molecule has 2 rings (SSSR count). The van der Waals surface area contributed by atoms with Crippen LogP contribution in [-0.2, 0) is 16.6 Å². The summed E-state index contributed by atoms with van der Waals surface area (Å²) in [6, 6.07) is 5.61. The third kappa shape index (κ3) is 3.30. The zero-order valence-electron chi connectivity index (χ0n) is 10.5. The number of hydrogen-bond donors (Lipinski definition) is 0. The van der Waals surface area contributed by atoms with Crippen LogP contribution in [0.3, 0.4) is 0 Å². The standard InChI is InChI=1S/C12H11ClFN3O2S/c1-17(8-9-2-4-10(14)5-3-9)20(18,19)11-6-15-12(13)16-7-11/h2-7H,8H2,1H3. The summed E-state index contributed by atoms with van der Waals surface area (Å²) in [7, 11) is -2.28. The summed E-state index contributed by atoms with van der Waals surface area (Å²) in [5.41, 5.74) is 0.673. The minimum atomic E-state index is -3.71. The number of sulfonamides is 1. The minimum absolute atomic E-state index is 0.0230. The van der Waals surface area contributed by atoms with Gasteiger partial charge in [0.2, 0.25) is 15.3 Å². The third-order valence-electron chi connectivity index (χ3n) is 2.62. The van der Waals surface area contributed by atoms with Crippen molar-refractivity contribution in [3.8, 4) is 0 Å². The molecule has 0 amide bonds. The molecule has 0 aliphatic carbocycles. The van der Waals surface area contributed by atoms with Crippen molar-refractivity contribution in [1.29, 1.82) is 0 Å². The van der Waals surface area contributed by atoms with Gasteiger partial charge in [0.1, 0.15) is 10.7 Å². The van der Waals surface area contributed by atoms with Gasteiger partial charge in [0.15, 0.2) is 0 Å². The van der Waals surface area contributed by atoms with E-state index in [0.717, 1.165) is 16.7 Å². The number of hydrogen-bond acceptors (Lipinski definition) is 4. The van der Waals surface area contributed by atoms with Gasteiger partial charge in [-0.25, -0.2) is 22.8 Å². The number of halogens is 2. The van der Waals surface area contributed by atoms with Crippen molar-refractivity contribution in [2.45, 2.75) is 11.4 Å². The van der Waals surface area contributed by atoms with Crippen LogP contribution < -0.4 is 0 Å². The van der Waals surface area contributed by atoms with Gasteiger partial charge in [0.05, 0.1) is 12.4 Å². The van der Waals surface area contributed by atoms with Crippen LogP contribution in [0, 0.1) is 5.82 Å². The maximum atomic E-state index is 12.8. The quantitative estimate of drug-likeness (QED) is 0.810. The van der Waals surface area contributed by atoms with Crippen LogP contribution in [0.15, 0.2) is 41.6 Å². The first-order valence-electron chi connectivity index (χ1n) is 5.58. The van der Waals surface area contributed by atoms with E-state index in [0.29, 0.717) is 5.56 Å². The van der Waals surface area contributed by atoms with Crippen LogP contribution in [0.25, 0.3) is 0 Å². The lowest BCUT2D eigenvalue weighted by molar-refractivity contribution is 0.466. The van der Waals surface area contributed by atoms with E-state index in [1.165, 1.54) is 31.3 Å². The number of aromatic nitrogens is 2. The average molecular weight is 316 g/mol. The van der Waals surface area contributed by atoms with E-state index in [2.05, 4.69) is 9.97 Å². The number of nitrogens with zero attached hydrogens (tertiary/aromatic N) is 3. The molecule has 2 aromatic rings. The highest BCUT2D eigenvalue weighted by Gasteiger charge is 2.21. The van der Waals surface area contributed by atoms with Gasteiger partial charge in [-0.2, -0.15) is 4.31 Å². The summed E-state index contributed by atoms with van der Waals surface area (Å²) in [5, 5.41) is -0.0230. The molecule has 106 valence electrons. The zero-order valence-corrected chi connectivity index (χ0v) is 12.1. The first-order chi connectivity index (χ1) is 9.39. The van der Waals surface area contributed by atoms with E-state index < -0.39 is 10.0 Å². The van der Waals surface area contributed by atoms with Gasteiger partial charge in [-0.1, -0.05) is 12.1 Å². The molecule has 0 aliphatic heterocycles. The maximum Gasteiger partial charge on any atom is 0.246 e. The highest BCUT2D eigenvalue weighted by molar-refractivity contribution is 7.89. The Morgan fingerprint density at radius 2 is 1.75 bits per heavy atom. The van der Waals surface area contributed by atoms with Crippen molar-refractivity contribution in [2.75, 3.05) is 7.05 Å². The van der Waals surface area contributed by atoms with Crippen molar-refractivity contribution >= 4 is 21.6 Å². The molecule has 5 nitrogen and oxygen atoms in total.